The van der Waals surface area contributed by atoms with Crippen LogP contribution in [0.15, 0.2) is 29.3 Å². The molecule has 6 nitrogen and oxygen atoms in total. The summed E-state index contributed by atoms with van der Waals surface area (Å²) < 4.78 is 17.8. The molecule has 3 rings (SSSR count). The summed E-state index contributed by atoms with van der Waals surface area (Å²) in [5.41, 5.74) is 1.16. The zero-order valence-electron chi connectivity index (χ0n) is 18.1. The van der Waals surface area contributed by atoms with Crippen molar-refractivity contribution < 1.29 is 14.2 Å². The summed E-state index contributed by atoms with van der Waals surface area (Å²) in [4.78, 5) is 7.11. The molecule has 29 heavy (non-hydrogen) atoms. The van der Waals surface area contributed by atoms with Gasteiger partial charge >= 0.3 is 0 Å². The van der Waals surface area contributed by atoms with Crippen LogP contribution in [0.3, 0.4) is 0 Å². The number of likely N-dealkylation sites (tertiary alicyclic amines) is 1. The monoisotopic (exact) mass is 403 g/mol. The standard InChI is InChI=1S/C23H37N3O3/c1-3-24-23(25-13-17-28-22-10-5-4-8-19(22)2)26-14-11-20(12-15-26)29-18-21-9-6-7-16-27-21/h4-5,8,10,20-21H,3,6-7,9,11-18H2,1-2H3,(H,24,25). The summed E-state index contributed by atoms with van der Waals surface area (Å²) in [6.07, 6.45) is 6.31. The van der Waals surface area contributed by atoms with E-state index in [0.717, 1.165) is 69.4 Å². The number of aryl methyl sites for hydroxylation is 1. The maximum Gasteiger partial charge on any atom is 0.194 e. The zero-order chi connectivity index (χ0) is 20.3. The Labute approximate surface area is 175 Å². The SMILES string of the molecule is CCNC(=NCCOc1ccccc1C)N1CCC(OCC2CCCCO2)CC1. The average Bonchev–Trinajstić information content (AvgIpc) is 2.77. The molecule has 2 fully saturated rings. The van der Waals surface area contributed by atoms with Crippen LogP contribution < -0.4 is 10.1 Å². The maximum atomic E-state index is 6.14. The molecular weight excluding hydrogens is 366 g/mol. The van der Waals surface area contributed by atoms with E-state index in [4.69, 9.17) is 19.2 Å². The van der Waals surface area contributed by atoms with Crippen molar-refractivity contribution in [3.8, 4) is 5.75 Å². The number of rotatable bonds is 8. The molecule has 0 spiro atoms. The third-order valence-electron chi connectivity index (χ3n) is 5.57. The lowest BCUT2D eigenvalue weighted by atomic mass is 10.1. The predicted octanol–water partition coefficient (Wildman–Crippen LogP) is 3.39. The fourth-order valence-electron chi connectivity index (χ4n) is 3.87. The Kier molecular flexibility index (Phi) is 9.09. The van der Waals surface area contributed by atoms with E-state index in [0.29, 0.717) is 25.4 Å². The van der Waals surface area contributed by atoms with Gasteiger partial charge in [-0.15, -0.1) is 0 Å². The quantitative estimate of drug-likeness (QED) is 0.410. The Hall–Kier alpha value is -1.79. The van der Waals surface area contributed by atoms with Crippen LogP contribution in [-0.2, 0) is 9.47 Å². The topological polar surface area (TPSA) is 55.3 Å². The van der Waals surface area contributed by atoms with E-state index < -0.39 is 0 Å². The van der Waals surface area contributed by atoms with Crippen LogP contribution in [0.2, 0.25) is 0 Å². The number of para-hydroxylation sites is 1. The Morgan fingerprint density at radius 3 is 2.76 bits per heavy atom. The minimum Gasteiger partial charge on any atom is -0.491 e. The van der Waals surface area contributed by atoms with Gasteiger partial charge in [-0.3, -0.25) is 0 Å². The Morgan fingerprint density at radius 2 is 2.03 bits per heavy atom. The van der Waals surface area contributed by atoms with E-state index in [2.05, 4.69) is 30.1 Å². The van der Waals surface area contributed by atoms with Gasteiger partial charge in [0.1, 0.15) is 12.4 Å². The predicted molar refractivity (Wildman–Crippen MR) is 117 cm³/mol. The van der Waals surface area contributed by atoms with Gasteiger partial charge < -0.3 is 24.4 Å². The number of benzene rings is 1. The van der Waals surface area contributed by atoms with Crippen LogP contribution in [-0.4, -0.2) is 69.1 Å². The number of hydrogen-bond donors (Lipinski definition) is 1. The molecule has 0 aromatic heterocycles. The van der Waals surface area contributed by atoms with Crippen molar-refractivity contribution in [3.63, 3.8) is 0 Å². The molecule has 2 saturated heterocycles. The van der Waals surface area contributed by atoms with E-state index in [1.165, 1.54) is 12.8 Å². The number of nitrogens with zero attached hydrogens (tertiary/aromatic N) is 2. The number of nitrogens with one attached hydrogen (secondary N) is 1. The Morgan fingerprint density at radius 1 is 1.21 bits per heavy atom. The van der Waals surface area contributed by atoms with Crippen molar-refractivity contribution in [2.45, 2.75) is 58.2 Å². The number of ether oxygens (including phenoxy) is 3. The van der Waals surface area contributed by atoms with Gasteiger partial charge in [-0.05, 0) is 57.6 Å². The summed E-state index contributed by atoms with van der Waals surface area (Å²) in [5, 5.41) is 3.42. The summed E-state index contributed by atoms with van der Waals surface area (Å²) in [7, 11) is 0. The third-order valence-corrected chi connectivity index (χ3v) is 5.57. The first-order valence-corrected chi connectivity index (χ1v) is 11.2. The number of hydrogen-bond acceptors (Lipinski definition) is 4. The van der Waals surface area contributed by atoms with Crippen LogP contribution in [0.1, 0.15) is 44.6 Å². The van der Waals surface area contributed by atoms with Crippen molar-refractivity contribution in [1.82, 2.24) is 10.2 Å². The maximum absolute atomic E-state index is 6.14. The van der Waals surface area contributed by atoms with Crippen LogP contribution in [0.5, 0.6) is 5.75 Å². The molecule has 0 amide bonds. The van der Waals surface area contributed by atoms with E-state index in [1.54, 1.807) is 0 Å². The first kappa shape index (κ1) is 21.9. The highest BCUT2D eigenvalue weighted by Crippen LogP contribution is 2.18. The number of guanidine groups is 1. The van der Waals surface area contributed by atoms with Crippen molar-refractivity contribution in [1.29, 1.82) is 0 Å². The van der Waals surface area contributed by atoms with E-state index in [9.17, 15) is 0 Å². The number of piperidine rings is 1. The lowest BCUT2D eigenvalue weighted by Crippen LogP contribution is -2.47. The van der Waals surface area contributed by atoms with E-state index >= 15 is 0 Å². The number of aliphatic imine (C=N–C) groups is 1. The Bertz CT molecular complexity index is 624. The fourth-order valence-corrected chi connectivity index (χ4v) is 3.87. The van der Waals surface area contributed by atoms with Crippen molar-refractivity contribution in [2.75, 3.05) is 46.0 Å². The lowest BCUT2D eigenvalue weighted by molar-refractivity contribution is -0.0721. The molecule has 0 radical (unpaired) electrons. The molecule has 1 N–H and O–H groups in total. The zero-order valence-corrected chi connectivity index (χ0v) is 18.1. The molecular formula is C23H37N3O3. The van der Waals surface area contributed by atoms with Crippen LogP contribution in [0.25, 0.3) is 0 Å². The molecule has 2 heterocycles. The van der Waals surface area contributed by atoms with Gasteiger partial charge in [0.15, 0.2) is 5.96 Å². The normalized spacial score (nSPS) is 21.2. The smallest absolute Gasteiger partial charge is 0.194 e. The lowest BCUT2D eigenvalue weighted by Gasteiger charge is -2.35. The Balaban J connectivity index is 1.39. The fraction of sp³-hybridized carbons (Fsp3) is 0.696. The van der Waals surface area contributed by atoms with Crippen molar-refractivity contribution in [2.24, 2.45) is 4.99 Å². The van der Waals surface area contributed by atoms with Gasteiger partial charge in [-0.2, -0.15) is 0 Å². The minimum atomic E-state index is 0.300. The first-order chi connectivity index (χ1) is 14.3. The van der Waals surface area contributed by atoms with Crippen LogP contribution in [0.4, 0.5) is 0 Å². The van der Waals surface area contributed by atoms with Gasteiger partial charge in [0.25, 0.3) is 0 Å². The molecule has 162 valence electrons. The molecule has 2 aliphatic rings. The van der Waals surface area contributed by atoms with E-state index in [1.807, 2.05) is 18.2 Å². The molecule has 6 heteroatoms. The van der Waals surface area contributed by atoms with Gasteiger partial charge in [0.05, 0.1) is 25.4 Å². The van der Waals surface area contributed by atoms with Crippen LogP contribution in [0, 0.1) is 6.92 Å². The third kappa shape index (κ3) is 7.19. The first-order valence-electron chi connectivity index (χ1n) is 11.2. The molecule has 1 aromatic rings. The molecule has 0 aliphatic carbocycles. The second-order valence-corrected chi connectivity index (χ2v) is 7.86. The largest absolute Gasteiger partial charge is 0.491 e. The summed E-state index contributed by atoms with van der Waals surface area (Å²) >= 11 is 0. The molecule has 0 saturated carbocycles. The molecule has 1 aromatic carbocycles. The van der Waals surface area contributed by atoms with E-state index in [-0.39, 0.29) is 0 Å². The van der Waals surface area contributed by atoms with Crippen molar-refractivity contribution >= 4 is 5.96 Å². The second kappa shape index (κ2) is 12.0. The highest BCUT2D eigenvalue weighted by Gasteiger charge is 2.23. The molecule has 0 bridgehead atoms. The van der Waals surface area contributed by atoms with Gasteiger partial charge in [0.2, 0.25) is 0 Å². The molecule has 2 aliphatic heterocycles. The average molecular weight is 404 g/mol. The minimum absolute atomic E-state index is 0.300. The van der Waals surface area contributed by atoms with Crippen LogP contribution >= 0.6 is 0 Å². The van der Waals surface area contributed by atoms with Gasteiger partial charge in [-0.1, -0.05) is 18.2 Å². The van der Waals surface area contributed by atoms with Gasteiger partial charge in [-0.25, -0.2) is 4.99 Å². The second-order valence-electron chi connectivity index (χ2n) is 7.86. The molecule has 1 atom stereocenters. The summed E-state index contributed by atoms with van der Waals surface area (Å²) in [6.45, 7) is 9.85. The highest BCUT2D eigenvalue weighted by atomic mass is 16.5. The van der Waals surface area contributed by atoms with Gasteiger partial charge in [0, 0.05) is 26.2 Å². The summed E-state index contributed by atoms with van der Waals surface area (Å²) in [5.74, 6) is 1.92. The summed E-state index contributed by atoms with van der Waals surface area (Å²) in [6, 6.07) is 8.10. The van der Waals surface area contributed by atoms with Crippen molar-refractivity contribution in [3.05, 3.63) is 29.8 Å². The highest BCUT2D eigenvalue weighted by molar-refractivity contribution is 5.80. The molecule has 1 unspecified atom stereocenters.